The fourth-order valence-electron chi connectivity index (χ4n) is 2.57. The standard InChI is InChI=1S/C19H18N8/c1-15-14-26(24-22-18-6-2-16(12-20)3-7-18)10-11-27(15)25-23-19-8-4-17(13-21)5-9-19/h2-9,15H,10-11,14H2,1H3. The van der Waals surface area contributed by atoms with Gasteiger partial charge >= 0.3 is 0 Å². The largest absolute Gasteiger partial charge is 0.274 e. The van der Waals surface area contributed by atoms with Gasteiger partial charge in [-0.1, -0.05) is 10.4 Å². The highest BCUT2D eigenvalue weighted by molar-refractivity contribution is 5.42. The van der Waals surface area contributed by atoms with E-state index in [1.54, 1.807) is 48.5 Å². The number of piperazine rings is 1. The van der Waals surface area contributed by atoms with Gasteiger partial charge in [0.1, 0.15) is 0 Å². The van der Waals surface area contributed by atoms with Crippen LogP contribution in [0.5, 0.6) is 0 Å². The zero-order valence-corrected chi connectivity index (χ0v) is 14.9. The van der Waals surface area contributed by atoms with Crippen LogP contribution in [0.15, 0.2) is 69.2 Å². The summed E-state index contributed by atoms with van der Waals surface area (Å²) in [5, 5.41) is 38.5. The number of hydrogen-bond acceptors (Lipinski definition) is 6. The number of rotatable bonds is 4. The lowest BCUT2D eigenvalue weighted by atomic mass is 10.2. The molecule has 2 aromatic carbocycles. The maximum Gasteiger partial charge on any atom is 0.0991 e. The van der Waals surface area contributed by atoms with Crippen LogP contribution in [0.25, 0.3) is 0 Å². The molecule has 0 radical (unpaired) electrons. The molecule has 0 aliphatic carbocycles. The summed E-state index contributed by atoms with van der Waals surface area (Å²) in [5.41, 5.74) is 2.63. The SMILES string of the molecule is CC1CN(N=Nc2ccc(C#N)cc2)CCN1N=Nc1ccc(C#N)cc1. The molecular formula is C19H18N8. The minimum atomic E-state index is 0.140. The van der Waals surface area contributed by atoms with Crippen LogP contribution < -0.4 is 0 Å². The van der Waals surface area contributed by atoms with E-state index in [1.165, 1.54) is 0 Å². The molecule has 1 aliphatic rings. The van der Waals surface area contributed by atoms with Crippen molar-refractivity contribution in [2.24, 2.45) is 20.7 Å². The normalized spacial score (nSPS) is 17.2. The van der Waals surface area contributed by atoms with Crippen molar-refractivity contribution in [2.45, 2.75) is 13.0 Å². The first-order chi connectivity index (χ1) is 13.2. The molecule has 0 saturated carbocycles. The first kappa shape index (κ1) is 18.0. The van der Waals surface area contributed by atoms with Crippen molar-refractivity contribution in [3.8, 4) is 12.1 Å². The van der Waals surface area contributed by atoms with E-state index < -0.39 is 0 Å². The van der Waals surface area contributed by atoms with Gasteiger partial charge in [-0.3, -0.25) is 10.0 Å². The summed E-state index contributed by atoms with van der Waals surface area (Å²) in [6.07, 6.45) is 0. The van der Waals surface area contributed by atoms with E-state index in [4.69, 9.17) is 10.5 Å². The van der Waals surface area contributed by atoms with Gasteiger partial charge < -0.3 is 0 Å². The van der Waals surface area contributed by atoms with E-state index in [1.807, 2.05) is 10.0 Å². The Kier molecular flexibility index (Phi) is 5.70. The minimum absolute atomic E-state index is 0.140. The van der Waals surface area contributed by atoms with Crippen molar-refractivity contribution in [1.29, 1.82) is 10.5 Å². The molecule has 0 aromatic heterocycles. The Morgan fingerprint density at radius 2 is 1.33 bits per heavy atom. The molecule has 0 spiro atoms. The Morgan fingerprint density at radius 1 is 0.815 bits per heavy atom. The van der Waals surface area contributed by atoms with Gasteiger partial charge in [0.15, 0.2) is 0 Å². The van der Waals surface area contributed by atoms with E-state index in [-0.39, 0.29) is 6.04 Å². The lowest BCUT2D eigenvalue weighted by Crippen LogP contribution is -2.47. The summed E-state index contributed by atoms with van der Waals surface area (Å²) >= 11 is 0. The molecule has 27 heavy (non-hydrogen) atoms. The zero-order valence-electron chi connectivity index (χ0n) is 14.9. The zero-order chi connectivity index (χ0) is 19.1. The number of nitriles is 2. The monoisotopic (exact) mass is 358 g/mol. The van der Waals surface area contributed by atoms with E-state index in [2.05, 4.69) is 39.7 Å². The summed E-state index contributed by atoms with van der Waals surface area (Å²) in [5.74, 6) is 0. The van der Waals surface area contributed by atoms with Crippen molar-refractivity contribution in [3.63, 3.8) is 0 Å². The third kappa shape index (κ3) is 4.86. The highest BCUT2D eigenvalue weighted by atomic mass is 15.6. The number of benzene rings is 2. The Hall–Kier alpha value is -3.78. The van der Waals surface area contributed by atoms with Gasteiger partial charge in [0.05, 0.1) is 60.3 Å². The second-order valence-corrected chi connectivity index (χ2v) is 6.12. The van der Waals surface area contributed by atoms with Gasteiger partial charge in [-0.25, -0.2) is 0 Å². The Morgan fingerprint density at radius 3 is 1.81 bits per heavy atom. The van der Waals surface area contributed by atoms with Crippen LogP contribution in [-0.2, 0) is 0 Å². The second kappa shape index (κ2) is 8.54. The lowest BCUT2D eigenvalue weighted by molar-refractivity contribution is 0.0767. The molecule has 0 N–H and O–H groups in total. The first-order valence-corrected chi connectivity index (χ1v) is 8.53. The third-order valence-electron chi connectivity index (χ3n) is 4.13. The average molecular weight is 358 g/mol. The van der Waals surface area contributed by atoms with Gasteiger partial charge in [0, 0.05) is 0 Å². The topological polar surface area (TPSA) is 104 Å². The fraction of sp³-hybridized carbons (Fsp3) is 0.263. The van der Waals surface area contributed by atoms with Gasteiger partial charge in [0.2, 0.25) is 0 Å². The van der Waals surface area contributed by atoms with E-state index in [9.17, 15) is 0 Å². The van der Waals surface area contributed by atoms with Crippen LogP contribution in [-0.4, -0.2) is 35.7 Å². The van der Waals surface area contributed by atoms with E-state index in [0.29, 0.717) is 42.1 Å². The Labute approximate surface area is 157 Å². The third-order valence-corrected chi connectivity index (χ3v) is 4.13. The van der Waals surface area contributed by atoms with Crippen molar-refractivity contribution < 1.29 is 0 Å². The van der Waals surface area contributed by atoms with Crippen LogP contribution in [0.3, 0.4) is 0 Å². The van der Waals surface area contributed by atoms with Gasteiger partial charge in [-0.05, 0) is 55.5 Å². The molecule has 8 heteroatoms. The van der Waals surface area contributed by atoms with Crippen LogP contribution in [0.2, 0.25) is 0 Å². The van der Waals surface area contributed by atoms with Crippen LogP contribution in [0.4, 0.5) is 11.4 Å². The van der Waals surface area contributed by atoms with Gasteiger partial charge in [-0.2, -0.15) is 10.5 Å². The molecule has 1 unspecified atom stereocenters. The lowest BCUT2D eigenvalue weighted by Gasteiger charge is -2.34. The van der Waals surface area contributed by atoms with Crippen molar-refractivity contribution in [3.05, 3.63) is 59.7 Å². The van der Waals surface area contributed by atoms with Crippen LogP contribution >= 0.6 is 0 Å². The maximum atomic E-state index is 8.82. The summed E-state index contributed by atoms with van der Waals surface area (Å²) in [4.78, 5) is 0. The summed E-state index contributed by atoms with van der Waals surface area (Å²) < 4.78 is 0. The number of hydrogen-bond donors (Lipinski definition) is 0. The minimum Gasteiger partial charge on any atom is -0.274 e. The molecule has 1 atom stereocenters. The molecule has 8 nitrogen and oxygen atoms in total. The van der Waals surface area contributed by atoms with Crippen molar-refractivity contribution >= 4 is 11.4 Å². The fourth-order valence-corrected chi connectivity index (χ4v) is 2.57. The Balaban J connectivity index is 1.55. The Bertz CT molecular complexity index is 903. The highest BCUT2D eigenvalue weighted by Gasteiger charge is 2.22. The molecule has 0 amide bonds. The van der Waals surface area contributed by atoms with Crippen LogP contribution in [0.1, 0.15) is 18.1 Å². The molecule has 3 rings (SSSR count). The smallest absolute Gasteiger partial charge is 0.0991 e. The predicted molar refractivity (Wildman–Crippen MR) is 99.1 cm³/mol. The highest BCUT2D eigenvalue weighted by Crippen LogP contribution is 2.18. The van der Waals surface area contributed by atoms with E-state index >= 15 is 0 Å². The van der Waals surface area contributed by atoms with Crippen LogP contribution in [0, 0.1) is 22.7 Å². The molecule has 1 heterocycles. The molecule has 134 valence electrons. The molecular weight excluding hydrogens is 340 g/mol. The maximum absolute atomic E-state index is 8.82. The molecule has 2 aromatic rings. The van der Waals surface area contributed by atoms with Gasteiger partial charge in [-0.15, -0.1) is 10.2 Å². The molecule has 1 saturated heterocycles. The quantitative estimate of drug-likeness (QED) is 0.766. The summed E-state index contributed by atoms with van der Waals surface area (Å²) in [7, 11) is 0. The first-order valence-electron chi connectivity index (χ1n) is 8.53. The van der Waals surface area contributed by atoms with E-state index in [0.717, 1.165) is 0 Å². The van der Waals surface area contributed by atoms with Gasteiger partial charge in [0.25, 0.3) is 0 Å². The predicted octanol–water partition coefficient (Wildman–Crippen LogP) is 4.13. The second-order valence-electron chi connectivity index (χ2n) is 6.12. The number of nitrogens with zero attached hydrogens (tertiary/aromatic N) is 8. The molecule has 1 aliphatic heterocycles. The summed E-state index contributed by atoms with van der Waals surface area (Å²) in [6, 6.07) is 18.3. The average Bonchev–Trinajstić information content (AvgIpc) is 2.72. The summed E-state index contributed by atoms with van der Waals surface area (Å²) in [6.45, 7) is 4.12. The molecule has 0 bridgehead atoms. The van der Waals surface area contributed by atoms with Crippen molar-refractivity contribution in [1.82, 2.24) is 10.0 Å². The van der Waals surface area contributed by atoms with Crippen molar-refractivity contribution in [2.75, 3.05) is 19.6 Å². The molecule has 1 fully saturated rings.